The van der Waals surface area contributed by atoms with Crippen molar-refractivity contribution in [3.8, 4) is 11.4 Å². The number of pyridine rings is 1. The fraction of sp³-hybridized carbons (Fsp3) is 0.414. The Balaban J connectivity index is 1.10. The van der Waals surface area contributed by atoms with E-state index in [-0.39, 0.29) is 11.9 Å². The number of H-pyrrole nitrogens is 1. The number of rotatable bonds is 6. The van der Waals surface area contributed by atoms with Crippen molar-refractivity contribution in [2.75, 3.05) is 50.8 Å². The summed E-state index contributed by atoms with van der Waals surface area (Å²) in [6, 6.07) is 13.4. The summed E-state index contributed by atoms with van der Waals surface area (Å²) in [5.41, 5.74) is 2.62. The molecular weight excluding hydrogens is 481 g/mol. The third-order valence-electron chi connectivity index (χ3n) is 7.85. The molecule has 5 heterocycles. The van der Waals surface area contributed by atoms with Crippen molar-refractivity contribution in [3.63, 3.8) is 0 Å². The molecule has 8 nitrogen and oxygen atoms in total. The number of benzene rings is 1. The highest BCUT2D eigenvalue weighted by Crippen LogP contribution is 2.32. The fourth-order valence-corrected chi connectivity index (χ4v) is 5.86. The Morgan fingerprint density at radius 1 is 1.08 bits per heavy atom. The van der Waals surface area contributed by atoms with E-state index in [1.807, 2.05) is 29.2 Å². The summed E-state index contributed by atoms with van der Waals surface area (Å²) in [6.07, 6.45) is 8.42. The van der Waals surface area contributed by atoms with Gasteiger partial charge in [0.15, 0.2) is 0 Å². The van der Waals surface area contributed by atoms with E-state index in [1.54, 1.807) is 24.4 Å². The summed E-state index contributed by atoms with van der Waals surface area (Å²) in [7, 11) is 0. The highest BCUT2D eigenvalue weighted by atomic mass is 19.1. The van der Waals surface area contributed by atoms with Crippen LogP contribution in [0, 0.1) is 11.2 Å². The van der Waals surface area contributed by atoms with Gasteiger partial charge in [0, 0.05) is 38.8 Å². The van der Waals surface area contributed by atoms with Crippen molar-refractivity contribution in [3.05, 3.63) is 71.9 Å². The Hall–Kier alpha value is -3.56. The Morgan fingerprint density at radius 2 is 1.95 bits per heavy atom. The van der Waals surface area contributed by atoms with Crippen LogP contribution in [0.1, 0.15) is 36.7 Å². The molecular formula is C29H34FN7O. The van der Waals surface area contributed by atoms with Gasteiger partial charge in [-0.15, -0.1) is 0 Å². The lowest BCUT2D eigenvalue weighted by molar-refractivity contribution is 0.0209. The molecule has 3 saturated heterocycles. The monoisotopic (exact) mass is 515 g/mol. The minimum absolute atomic E-state index is 0.0235. The number of nitrogens with zero attached hydrogens (tertiary/aromatic N) is 5. The van der Waals surface area contributed by atoms with E-state index >= 15 is 0 Å². The standard InChI is InChI=1S/C29H34FN7O/c30-22-5-1-4-21(18-22)26-7-3-12-37(26)27(31)9-10-28-32-19-25(33-28)24-6-2-8-29(34-24)36-13-11-23(20-36)35-14-16-38-17-15-35/h1-2,4-6,8-10,18-19,23,26,31H,3,7,11-17,20H2,(H,32,33). The van der Waals surface area contributed by atoms with Crippen LogP contribution in [-0.2, 0) is 4.74 Å². The molecule has 6 rings (SSSR count). The number of hydrogen-bond acceptors (Lipinski definition) is 6. The van der Waals surface area contributed by atoms with Gasteiger partial charge in [0.05, 0.1) is 36.8 Å². The zero-order valence-electron chi connectivity index (χ0n) is 21.5. The maximum atomic E-state index is 13.8. The number of ether oxygens (including phenoxy) is 1. The molecule has 2 aromatic heterocycles. The van der Waals surface area contributed by atoms with Crippen LogP contribution in [0.5, 0.6) is 0 Å². The van der Waals surface area contributed by atoms with Crippen LogP contribution in [0.25, 0.3) is 17.5 Å². The largest absolute Gasteiger partial charge is 0.379 e. The number of nitrogens with one attached hydrogen (secondary N) is 2. The molecule has 0 radical (unpaired) electrons. The number of amidine groups is 1. The molecule has 0 bridgehead atoms. The predicted molar refractivity (Wildman–Crippen MR) is 147 cm³/mol. The van der Waals surface area contributed by atoms with Gasteiger partial charge in [-0.2, -0.15) is 0 Å². The van der Waals surface area contributed by atoms with Gasteiger partial charge in [-0.05, 0) is 61.2 Å². The molecule has 0 spiro atoms. The molecule has 3 aromatic rings. The average Bonchev–Trinajstić information content (AvgIpc) is 3.73. The number of morpholine rings is 1. The van der Waals surface area contributed by atoms with E-state index in [0.29, 0.717) is 17.7 Å². The van der Waals surface area contributed by atoms with Crippen LogP contribution in [0.2, 0.25) is 0 Å². The Kier molecular flexibility index (Phi) is 7.20. The number of hydrogen-bond donors (Lipinski definition) is 2. The quantitative estimate of drug-likeness (QED) is 0.375. The second-order valence-electron chi connectivity index (χ2n) is 10.2. The second kappa shape index (κ2) is 11.0. The van der Waals surface area contributed by atoms with Crippen LogP contribution in [0.3, 0.4) is 0 Å². The van der Waals surface area contributed by atoms with Crippen LogP contribution < -0.4 is 4.90 Å². The summed E-state index contributed by atoms with van der Waals surface area (Å²) in [4.78, 5) is 19.7. The number of aromatic nitrogens is 3. The minimum Gasteiger partial charge on any atom is -0.379 e. The molecule has 2 atom stereocenters. The van der Waals surface area contributed by atoms with Gasteiger partial charge in [-0.3, -0.25) is 10.3 Å². The maximum Gasteiger partial charge on any atom is 0.130 e. The zero-order chi connectivity index (χ0) is 25.9. The zero-order valence-corrected chi connectivity index (χ0v) is 21.5. The van der Waals surface area contributed by atoms with Gasteiger partial charge in [-0.25, -0.2) is 14.4 Å². The predicted octanol–water partition coefficient (Wildman–Crippen LogP) is 4.35. The lowest BCUT2D eigenvalue weighted by atomic mass is 10.0. The molecule has 1 aromatic carbocycles. The molecule has 198 valence electrons. The third kappa shape index (κ3) is 5.35. The summed E-state index contributed by atoms with van der Waals surface area (Å²) >= 11 is 0. The molecule has 0 saturated carbocycles. The van der Waals surface area contributed by atoms with E-state index < -0.39 is 0 Å². The Morgan fingerprint density at radius 3 is 2.82 bits per heavy atom. The number of imidazole rings is 1. The van der Waals surface area contributed by atoms with Crippen LogP contribution in [0.4, 0.5) is 10.2 Å². The Labute approximate surface area is 222 Å². The van der Waals surface area contributed by atoms with E-state index in [9.17, 15) is 4.39 Å². The summed E-state index contributed by atoms with van der Waals surface area (Å²) in [5, 5.41) is 8.63. The van der Waals surface area contributed by atoms with E-state index in [4.69, 9.17) is 15.1 Å². The average molecular weight is 516 g/mol. The first-order chi connectivity index (χ1) is 18.6. The highest BCUT2D eigenvalue weighted by molar-refractivity contribution is 5.94. The van der Waals surface area contributed by atoms with Crippen LogP contribution in [0.15, 0.2) is 54.7 Å². The van der Waals surface area contributed by atoms with Crippen molar-refractivity contribution < 1.29 is 9.13 Å². The molecule has 2 N–H and O–H groups in total. The number of aromatic amines is 1. The Bertz CT molecular complexity index is 1300. The third-order valence-corrected chi connectivity index (χ3v) is 7.85. The molecule has 3 aliphatic heterocycles. The molecule has 2 unspecified atom stereocenters. The number of anilines is 1. The number of halogens is 1. The van der Waals surface area contributed by atoms with Crippen LogP contribution >= 0.6 is 0 Å². The first-order valence-corrected chi connectivity index (χ1v) is 13.5. The topological polar surface area (TPSA) is 84.4 Å². The van der Waals surface area contributed by atoms with Gasteiger partial charge >= 0.3 is 0 Å². The van der Waals surface area contributed by atoms with Crippen molar-refractivity contribution in [1.29, 1.82) is 5.41 Å². The van der Waals surface area contributed by atoms with E-state index in [1.165, 1.54) is 6.07 Å². The van der Waals surface area contributed by atoms with Gasteiger partial charge in [0.1, 0.15) is 23.3 Å². The molecule has 9 heteroatoms. The van der Waals surface area contributed by atoms with Crippen molar-refractivity contribution in [2.45, 2.75) is 31.3 Å². The van der Waals surface area contributed by atoms with Gasteiger partial charge in [0.25, 0.3) is 0 Å². The van der Waals surface area contributed by atoms with Gasteiger partial charge < -0.3 is 19.5 Å². The van der Waals surface area contributed by atoms with Crippen LogP contribution in [-0.4, -0.2) is 82.6 Å². The van der Waals surface area contributed by atoms with E-state index in [2.05, 4.69) is 25.8 Å². The van der Waals surface area contributed by atoms with Gasteiger partial charge in [0.2, 0.25) is 0 Å². The highest BCUT2D eigenvalue weighted by Gasteiger charge is 2.30. The lowest BCUT2D eigenvalue weighted by Crippen LogP contribution is -2.44. The maximum absolute atomic E-state index is 13.8. The number of likely N-dealkylation sites (tertiary alicyclic amines) is 1. The summed E-state index contributed by atoms with van der Waals surface area (Å²) in [6.45, 7) is 6.45. The summed E-state index contributed by atoms with van der Waals surface area (Å²) < 4.78 is 19.3. The second-order valence-corrected chi connectivity index (χ2v) is 10.2. The molecule has 0 aliphatic carbocycles. The van der Waals surface area contributed by atoms with Crippen molar-refractivity contribution >= 4 is 17.7 Å². The SMILES string of the molecule is N=C(C=Cc1ncc(-c2cccc(N3CCC(N4CCOCC4)C3)n2)[nH]1)N1CCCC1c1cccc(F)c1. The van der Waals surface area contributed by atoms with Crippen molar-refractivity contribution in [1.82, 2.24) is 24.8 Å². The minimum atomic E-state index is -0.237. The summed E-state index contributed by atoms with van der Waals surface area (Å²) in [5.74, 6) is 1.83. The fourth-order valence-electron chi connectivity index (χ4n) is 5.86. The molecule has 0 amide bonds. The molecule has 38 heavy (non-hydrogen) atoms. The van der Waals surface area contributed by atoms with Crippen molar-refractivity contribution in [2.24, 2.45) is 0 Å². The molecule has 3 fully saturated rings. The molecule has 3 aliphatic rings. The normalized spacial score (nSPS) is 22.6. The first kappa shape index (κ1) is 24.8. The van der Waals surface area contributed by atoms with E-state index in [0.717, 1.165) is 88.0 Å². The smallest absolute Gasteiger partial charge is 0.130 e. The first-order valence-electron chi connectivity index (χ1n) is 13.5. The van der Waals surface area contributed by atoms with Gasteiger partial charge in [-0.1, -0.05) is 18.2 Å². The lowest BCUT2D eigenvalue weighted by Gasteiger charge is -2.32.